The van der Waals surface area contributed by atoms with Crippen molar-refractivity contribution in [2.24, 2.45) is 18.0 Å². The van der Waals surface area contributed by atoms with E-state index in [1.807, 2.05) is 11.7 Å². The van der Waals surface area contributed by atoms with Gasteiger partial charge in [-0.05, 0) is 25.7 Å². The average Bonchev–Trinajstić information content (AvgIpc) is 2.93. The lowest BCUT2D eigenvalue weighted by atomic mass is 10.1. The van der Waals surface area contributed by atoms with Crippen molar-refractivity contribution in [1.82, 2.24) is 24.9 Å². The Hall–Kier alpha value is -0.830. The van der Waals surface area contributed by atoms with Crippen molar-refractivity contribution in [2.45, 2.75) is 54.0 Å². The Morgan fingerprint density at radius 3 is 2.30 bits per heavy atom. The lowest BCUT2D eigenvalue weighted by Gasteiger charge is -2.37. The second-order valence-corrected chi connectivity index (χ2v) is 7.55. The Labute approximate surface area is 182 Å². The lowest BCUT2D eigenvalue weighted by Crippen LogP contribution is -2.53. The Balaban J connectivity index is 0.00000364. The van der Waals surface area contributed by atoms with Gasteiger partial charge < -0.3 is 10.2 Å². The summed E-state index contributed by atoms with van der Waals surface area (Å²) in [4.78, 5) is 9.96. The van der Waals surface area contributed by atoms with E-state index in [1.165, 1.54) is 23.5 Å². The molecular weight excluding hydrogens is 451 g/mol. The van der Waals surface area contributed by atoms with Gasteiger partial charge >= 0.3 is 0 Å². The van der Waals surface area contributed by atoms with Crippen molar-refractivity contribution in [3.8, 4) is 0 Å². The fraction of sp³-hybridized carbons (Fsp3) is 0.800. The maximum absolute atomic E-state index is 4.98. The normalized spacial score (nSPS) is 16.0. The van der Waals surface area contributed by atoms with Crippen molar-refractivity contribution in [3.63, 3.8) is 0 Å². The summed E-state index contributed by atoms with van der Waals surface area (Å²) in [5.41, 5.74) is 3.81. The zero-order valence-electron chi connectivity index (χ0n) is 18.1. The lowest BCUT2D eigenvalue weighted by molar-refractivity contribution is 0.164. The van der Waals surface area contributed by atoms with E-state index in [-0.39, 0.29) is 24.0 Å². The molecule has 1 aliphatic rings. The molecule has 156 valence electrons. The number of nitrogens with zero attached hydrogens (tertiary/aromatic N) is 5. The molecule has 0 saturated carbocycles. The van der Waals surface area contributed by atoms with Crippen LogP contribution < -0.4 is 5.32 Å². The van der Waals surface area contributed by atoms with Gasteiger partial charge in [-0.2, -0.15) is 5.10 Å². The minimum absolute atomic E-state index is 0. The average molecular weight is 490 g/mol. The molecule has 1 N–H and O–H groups in total. The first-order valence-electron chi connectivity index (χ1n) is 10.3. The minimum atomic E-state index is 0. The standard InChI is InChI=1S/C20H38N6.HI/c1-7-18-17(19(8-2)24(6)23-18)14-22-20(21-9-3)26-12-10-25(11-13-26)15-16(4)5;/h16H,7-15H2,1-6H3,(H,21,22);1H. The zero-order valence-corrected chi connectivity index (χ0v) is 20.4. The summed E-state index contributed by atoms with van der Waals surface area (Å²) >= 11 is 0. The molecule has 1 saturated heterocycles. The molecule has 2 heterocycles. The molecule has 0 amide bonds. The number of aryl methyl sites for hydroxylation is 2. The first-order valence-corrected chi connectivity index (χ1v) is 10.3. The summed E-state index contributed by atoms with van der Waals surface area (Å²) in [6, 6.07) is 0. The molecule has 0 bridgehead atoms. The Morgan fingerprint density at radius 1 is 1.11 bits per heavy atom. The Bertz CT molecular complexity index is 588. The highest BCUT2D eigenvalue weighted by molar-refractivity contribution is 14.0. The number of halogens is 1. The number of nitrogens with one attached hydrogen (secondary N) is 1. The highest BCUT2D eigenvalue weighted by Crippen LogP contribution is 2.17. The summed E-state index contributed by atoms with van der Waals surface area (Å²) in [7, 11) is 2.05. The monoisotopic (exact) mass is 490 g/mol. The van der Waals surface area contributed by atoms with E-state index < -0.39 is 0 Å². The van der Waals surface area contributed by atoms with Crippen LogP contribution in [0.2, 0.25) is 0 Å². The quantitative estimate of drug-likeness (QED) is 0.363. The molecular formula is C20H39IN6. The number of hydrogen-bond acceptors (Lipinski definition) is 3. The number of hydrogen-bond donors (Lipinski definition) is 1. The molecule has 6 nitrogen and oxygen atoms in total. The summed E-state index contributed by atoms with van der Waals surface area (Å²) in [6.07, 6.45) is 1.96. The molecule has 0 aliphatic carbocycles. The van der Waals surface area contributed by atoms with E-state index in [0.717, 1.165) is 57.4 Å². The van der Waals surface area contributed by atoms with Crippen molar-refractivity contribution in [2.75, 3.05) is 39.3 Å². The van der Waals surface area contributed by atoms with E-state index in [0.29, 0.717) is 6.54 Å². The Kier molecular flexibility index (Phi) is 10.7. The number of aliphatic imine (C=N–C) groups is 1. The van der Waals surface area contributed by atoms with E-state index in [9.17, 15) is 0 Å². The van der Waals surface area contributed by atoms with Gasteiger partial charge in [0.15, 0.2) is 5.96 Å². The van der Waals surface area contributed by atoms with Crippen molar-refractivity contribution in [1.29, 1.82) is 0 Å². The van der Waals surface area contributed by atoms with Crippen molar-refractivity contribution in [3.05, 3.63) is 17.0 Å². The molecule has 2 rings (SSSR count). The van der Waals surface area contributed by atoms with E-state index in [4.69, 9.17) is 4.99 Å². The number of piperazine rings is 1. The number of aromatic nitrogens is 2. The summed E-state index contributed by atoms with van der Waals surface area (Å²) in [5.74, 6) is 1.78. The van der Waals surface area contributed by atoms with Crippen LogP contribution in [0.4, 0.5) is 0 Å². The van der Waals surface area contributed by atoms with Gasteiger partial charge in [-0.15, -0.1) is 24.0 Å². The van der Waals surface area contributed by atoms with Crippen LogP contribution in [0.5, 0.6) is 0 Å². The molecule has 1 aromatic heterocycles. The van der Waals surface area contributed by atoms with Gasteiger partial charge in [-0.25, -0.2) is 4.99 Å². The largest absolute Gasteiger partial charge is 0.357 e. The van der Waals surface area contributed by atoms with Crippen LogP contribution >= 0.6 is 24.0 Å². The van der Waals surface area contributed by atoms with E-state index >= 15 is 0 Å². The predicted molar refractivity (Wildman–Crippen MR) is 125 cm³/mol. The molecule has 7 heteroatoms. The van der Waals surface area contributed by atoms with Crippen LogP contribution in [0.15, 0.2) is 4.99 Å². The predicted octanol–water partition coefficient (Wildman–Crippen LogP) is 2.90. The molecule has 1 aliphatic heterocycles. The van der Waals surface area contributed by atoms with Crippen molar-refractivity contribution >= 4 is 29.9 Å². The van der Waals surface area contributed by atoms with Crippen LogP contribution in [0, 0.1) is 5.92 Å². The van der Waals surface area contributed by atoms with Gasteiger partial charge in [0.25, 0.3) is 0 Å². The SMILES string of the molecule is CCNC(=NCc1c(CC)nn(C)c1CC)N1CCN(CC(C)C)CC1.I. The summed E-state index contributed by atoms with van der Waals surface area (Å²) < 4.78 is 2.03. The smallest absolute Gasteiger partial charge is 0.194 e. The fourth-order valence-electron chi connectivity index (χ4n) is 3.81. The van der Waals surface area contributed by atoms with Gasteiger partial charge in [0.2, 0.25) is 0 Å². The highest BCUT2D eigenvalue weighted by Gasteiger charge is 2.20. The highest BCUT2D eigenvalue weighted by atomic mass is 127. The maximum atomic E-state index is 4.98. The fourth-order valence-corrected chi connectivity index (χ4v) is 3.81. The third-order valence-electron chi connectivity index (χ3n) is 5.04. The third kappa shape index (κ3) is 6.62. The van der Waals surface area contributed by atoms with Crippen LogP contribution in [-0.2, 0) is 26.4 Å². The minimum Gasteiger partial charge on any atom is -0.357 e. The first kappa shape index (κ1) is 24.2. The molecule has 1 aromatic rings. The third-order valence-corrected chi connectivity index (χ3v) is 5.04. The maximum Gasteiger partial charge on any atom is 0.194 e. The molecule has 0 aromatic carbocycles. The van der Waals surface area contributed by atoms with Crippen LogP contribution in [0.3, 0.4) is 0 Å². The van der Waals surface area contributed by atoms with Crippen molar-refractivity contribution < 1.29 is 0 Å². The molecule has 0 atom stereocenters. The molecule has 0 spiro atoms. The van der Waals surface area contributed by atoms with Crippen LogP contribution in [0.25, 0.3) is 0 Å². The van der Waals surface area contributed by atoms with Crippen LogP contribution in [0.1, 0.15) is 51.6 Å². The van der Waals surface area contributed by atoms with Gasteiger partial charge in [-0.1, -0.05) is 27.7 Å². The first-order chi connectivity index (χ1) is 12.5. The second-order valence-electron chi connectivity index (χ2n) is 7.55. The Morgan fingerprint density at radius 2 is 1.78 bits per heavy atom. The zero-order chi connectivity index (χ0) is 19.1. The topological polar surface area (TPSA) is 48.7 Å². The van der Waals surface area contributed by atoms with Gasteiger partial charge in [-0.3, -0.25) is 9.58 Å². The van der Waals surface area contributed by atoms with Gasteiger partial charge in [0.05, 0.1) is 12.2 Å². The number of guanidine groups is 1. The molecule has 1 fully saturated rings. The van der Waals surface area contributed by atoms with Gasteiger partial charge in [0.1, 0.15) is 0 Å². The van der Waals surface area contributed by atoms with E-state index in [1.54, 1.807) is 0 Å². The summed E-state index contributed by atoms with van der Waals surface area (Å²) in [5, 5.41) is 8.17. The van der Waals surface area contributed by atoms with E-state index in [2.05, 4.69) is 54.8 Å². The molecule has 0 unspecified atom stereocenters. The second kappa shape index (κ2) is 11.9. The number of rotatable bonds is 7. The molecule has 0 radical (unpaired) electrons. The van der Waals surface area contributed by atoms with Crippen LogP contribution in [-0.4, -0.2) is 64.8 Å². The van der Waals surface area contributed by atoms with Gasteiger partial charge in [0, 0.05) is 57.6 Å². The molecule has 27 heavy (non-hydrogen) atoms. The summed E-state index contributed by atoms with van der Waals surface area (Å²) in [6.45, 7) is 18.3.